The summed E-state index contributed by atoms with van der Waals surface area (Å²) in [5, 5.41) is 3.48. The van der Waals surface area contributed by atoms with Crippen molar-refractivity contribution in [3.8, 4) is 0 Å². The van der Waals surface area contributed by atoms with Crippen LogP contribution in [-0.2, 0) is 0 Å². The Kier molecular flexibility index (Phi) is 4.30. The maximum Gasteiger partial charge on any atom is 0.257 e. The minimum absolute atomic E-state index is 0.144. The second-order valence-corrected chi connectivity index (χ2v) is 5.01. The molecular formula is C13H9Cl3N2O. The van der Waals surface area contributed by atoms with E-state index in [1.807, 2.05) is 0 Å². The number of nitrogens with one attached hydrogen (secondary N) is 1. The number of carbonyl (C=O) groups excluding carboxylic acids is 1. The first-order chi connectivity index (χ1) is 8.99. The smallest absolute Gasteiger partial charge is 0.257 e. The molecule has 2 aromatic rings. The Hall–Kier alpha value is -1.29. The Morgan fingerprint density at radius 2 is 1.89 bits per heavy atom. The molecule has 2 rings (SSSR count). The Morgan fingerprint density at radius 3 is 2.53 bits per heavy atom. The number of rotatable bonds is 2. The van der Waals surface area contributed by atoms with Crippen LogP contribution < -0.4 is 5.32 Å². The van der Waals surface area contributed by atoms with Crippen LogP contribution in [-0.4, -0.2) is 10.9 Å². The molecule has 1 N–H and O–H groups in total. The predicted molar refractivity (Wildman–Crippen MR) is 78.4 cm³/mol. The third-order valence-corrected chi connectivity index (χ3v) is 3.29. The van der Waals surface area contributed by atoms with Gasteiger partial charge in [-0.25, -0.2) is 4.98 Å². The van der Waals surface area contributed by atoms with Crippen LogP contribution in [0.3, 0.4) is 0 Å². The van der Waals surface area contributed by atoms with Gasteiger partial charge in [-0.05, 0) is 30.7 Å². The fourth-order valence-electron chi connectivity index (χ4n) is 1.57. The van der Waals surface area contributed by atoms with E-state index in [1.54, 1.807) is 37.3 Å². The molecule has 0 saturated heterocycles. The molecule has 0 aliphatic heterocycles. The highest BCUT2D eigenvalue weighted by Gasteiger charge is 2.14. The number of carbonyl (C=O) groups is 1. The van der Waals surface area contributed by atoms with E-state index < -0.39 is 0 Å². The van der Waals surface area contributed by atoms with Crippen LogP contribution in [0.25, 0.3) is 0 Å². The highest BCUT2D eigenvalue weighted by molar-refractivity contribution is 6.36. The SMILES string of the molecule is Cc1cc(Cl)nc(Cl)c1NC(=O)c1ccccc1Cl. The quantitative estimate of drug-likeness (QED) is 0.823. The maximum absolute atomic E-state index is 12.1. The zero-order chi connectivity index (χ0) is 14.0. The topological polar surface area (TPSA) is 42.0 Å². The summed E-state index contributed by atoms with van der Waals surface area (Å²) >= 11 is 17.7. The molecule has 0 fully saturated rings. The van der Waals surface area contributed by atoms with Crippen LogP contribution in [0, 0.1) is 6.92 Å². The molecule has 0 bridgehead atoms. The Morgan fingerprint density at radius 1 is 1.21 bits per heavy atom. The molecule has 0 unspecified atom stereocenters. The Balaban J connectivity index is 2.32. The van der Waals surface area contributed by atoms with E-state index in [1.165, 1.54) is 0 Å². The molecule has 1 amide bonds. The van der Waals surface area contributed by atoms with Gasteiger partial charge in [-0.1, -0.05) is 46.9 Å². The summed E-state index contributed by atoms with van der Waals surface area (Å²) in [6, 6.07) is 8.38. The summed E-state index contributed by atoms with van der Waals surface area (Å²) in [6.07, 6.45) is 0. The van der Waals surface area contributed by atoms with Gasteiger partial charge in [0.05, 0.1) is 16.3 Å². The van der Waals surface area contributed by atoms with Gasteiger partial charge in [0.25, 0.3) is 5.91 Å². The van der Waals surface area contributed by atoms with E-state index in [2.05, 4.69) is 10.3 Å². The van der Waals surface area contributed by atoms with Crippen molar-refractivity contribution >= 4 is 46.4 Å². The number of pyridine rings is 1. The van der Waals surface area contributed by atoms with Crippen LogP contribution >= 0.6 is 34.8 Å². The first kappa shape index (κ1) is 14.1. The molecule has 98 valence electrons. The number of aryl methyl sites for hydroxylation is 1. The second kappa shape index (κ2) is 5.78. The summed E-state index contributed by atoms with van der Waals surface area (Å²) in [4.78, 5) is 16.0. The summed E-state index contributed by atoms with van der Waals surface area (Å²) in [6.45, 7) is 1.78. The largest absolute Gasteiger partial charge is 0.319 e. The average molecular weight is 316 g/mol. The van der Waals surface area contributed by atoms with Gasteiger partial charge >= 0.3 is 0 Å². The fraction of sp³-hybridized carbons (Fsp3) is 0.0769. The summed E-state index contributed by atoms with van der Waals surface area (Å²) in [5.74, 6) is -0.347. The van der Waals surface area contributed by atoms with E-state index in [0.29, 0.717) is 16.3 Å². The lowest BCUT2D eigenvalue weighted by atomic mass is 10.2. The van der Waals surface area contributed by atoms with E-state index in [0.717, 1.165) is 5.56 Å². The van der Waals surface area contributed by atoms with Gasteiger partial charge in [-0.3, -0.25) is 4.79 Å². The van der Waals surface area contributed by atoms with E-state index >= 15 is 0 Å². The molecule has 0 atom stereocenters. The molecule has 0 radical (unpaired) electrons. The number of hydrogen-bond donors (Lipinski definition) is 1. The molecule has 0 aliphatic carbocycles. The van der Waals surface area contributed by atoms with Gasteiger partial charge in [0.15, 0.2) is 5.15 Å². The van der Waals surface area contributed by atoms with Gasteiger partial charge in [0, 0.05) is 0 Å². The minimum atomic E-state index is -0.347. The van der Waals surface area contributed by atoms with Crippen LogP contribution in [0.2, 0.25) is 15.3 Å². The Labute approximate surface area is 125 Å². The molecule has 0 spiro atoms. The molecule has 0 saturated carbocycles. The normalized spacial score (nSPS) is 10.3. The average Bonchev–Trinajstić information content (AvgIpc) is 2.34. The van der Waals surface area contributed by atoms with Gasteiger partial charge in [-0.15, -0.1) is 0 Å². The van der Waals surface area contributed by atoms with E-state index in [-0.39, 0.29) is 16.2 Å². The molecule has 3 nitrogen and oxygen atoms in total. The van der Waals surface area contributed by atoms with Crippen molar-refractivity contribution in [2.24, 2.45) is 0 Å². The van der Waals surface area contributed by atoms with Crippen LogP contribution in [0.15, 0.2) is 30.3 Å². The zero-order valence-electron chi connectivity index (χ0n) is 9.88. The first-order valence-electron chi connectivity index (χ1n) is 5.37. The lowest BCUT2D eigenvalue weighted by Gasteiger charge is -2.10. The molecule has 1 aromatic heterocycles. The van der Waals surface area contributed by atoms with Crippen molar-refractivity contribution in [1.82, 2.24) is 4.98 Å². The van der Waals surface area contributed by atoms with Crippen LogP contribution in [0.5, 0.6) is 0 Å². The number of hydrogen-bond acceptors (Lipinski definition) is 2. The summed E-state index contributed by atoms with van der Waals surface area (Å²) in [5.41, 5.74) is 1.52. The van der Waals surface area contributed by atoms with Gasteiger partial charge in [0.2, 0.25) is 0 Å². The monoisotopic (exact) mass is 314 g/mol. The van der Waals surface area contributed by atoms with Crippen LogP contribution in [0.4, 0.5) is 5.69 Å². The maximum atomic E-state index is 12.1. The number of halogens is 3. The van der Waals surface area contributed by atoms with Gasteiger partial charge < -0.3 is 5.32 Å². The number of aromatic nitrogens is 1. The van der Waals surface area contributed by atoms with Crippen molar-refractivity contribution in [3.05, 3.63) is 56.8 Å². The van der Waals surface area contributed by atoms with Crippen molar-refractivity contribution in [2.75, 3.05) is 5.32 Å². The third kappa shape index (κ3) is 3.18. The highest BCUT2D eigenvalue weighted by atomic mass is 35.5. The fourth-order valence-corrected chi connectivity index (χ4v) is 2.37. The van der Waals surface area contributed by atoms with Crippen molar-refractivity contribution < 1.29 is 4.79 Å². The van der Waals surface area contributed by atoms with Crippen LogP contribution in [0.1, 0.15) is 15.9 Å². The molecule has 19 heavy (non-hydrogen) atoms. The lowest BCUT2D eigenvalue weighted by molar-refractivity contribution is 0.102. The standard InChI is InChI=1S/C13H9Cl3N2O/c1-7-6-10(15)17-12(16)11(7)18-13(19)8-4-2-3-5-9(8)14/h2-6H,1H3,(H,18,19). The number of benzene rings is 1. The van der Waals surface area contributed by atoms with Crippen molar-refractivity contribution in [1.29, 1.82) is 0 Å². The summed E-state index contributed by atoms with van der Waals surface area (Å²) in [7, 11) is 0. The van der Waals surface area contributed by atoms with Crippen molar-refractivity contribution in [3.63, 3.8) is 0 Å². The molecular weight excluding hydrogens is 307 g/mol. The number of anilines is 1. The van der Waals surface area contributed by atoms with Crippen molar-refractivity contribution in [2.45, 2.75) is 6.92 Å². The first-order valence-corrected chi connectivity index (χ1v) is 6.51. The Bertz CT molecular complexity index is 621. The van der Waals surface area contributed by atoms with E-state index in [4.69, 9.17) is 34.8 Å². The minimum Gasteiger partial charge on any atom is -0.319 e. The lowest BCUT2D eigenvalue weighted by Crippen LogP contribution is -2.14. The summed E-state index contributed by atoms with van der Waals surface area (Å²) < 4.78 is 0. The third-order valence-electron chi connectivity index (χ3n) is 2.50. The zero-order valence-corrected chi connectivity index (χ0v) is 12.1. The molecule has 6 heteroatoms. The molecule has 1 aromatic carbocycles. The predicted octanol–water partition coefficient (Wildman–Crippen LogP) is 4.60. The second-order valence-electron chi connectivity index (χ2n) is 3.86. The van der Waals surface area contributed by atoms with Gasteiger partial charge in [-0.2, -0.15) is 0 Å². The van der Waals surface area contributed by atoms with Gasteiger partial charge in [0.1, 0.15) is 5.15 Å². The number of nitrogens with zero attached hydrogens (tertiary/aromatic N) is 1. The molecule has 1 heterocycles. The number of amides is 1. The highest BCUT2D eigenvalue weighted by Crippen LogP contribution is 2.27. The molecule has 0 aliphatic rings. The van der Waals surface area contributed by atoms with E-state index in [9.17, 15) is 4.79 Å².